The van der Waals surface area contributed by atoms with E-state index in [0.29, 0.717) is 5.11 Å². The van der Waals surface area contributed by atoms with Gasteiger partial charge in [0, 0.05) is 5.69 Å². The Morgan fingerprint density at radius 2 is 1.62 bits per heavy atom. The molecular weight excluding hydrogens is 342 g/mol. The lowest BCUT2D eigenvalue weighted by atomic mass is 10.1. The number of thiocarbonyl (C=S) groups is 1. The molecule has 0 radical (unpaired) electrons. The van der Waals surface area contributed by atoms with Gasteiger partial charge < -0.3 is 10.6 Å². The van der Waals surface area contributed by atoms with Gasteiger partial charge in [-0.05, 0) is 73.9 Å². The van der Waals surface area contributed by atoms with E-state index in [1.165, 1.54) is 12.1 Å². The maximum atomic E-state index is 11.3. The molecule has 0 saturated heterocycles. The van der Waals surface area contributed by atoms with Crippen LogP contribution in [-0.2, 0) is 10.0 Å². The molecule has 7 heteroatoms. The second-order valence-corrected chi connectivity index (χ2v) is 7.78. The minimum Gasteiger partial charge on any atom is -0.356 e. The predicted octanol–water partition coefficient (Wildman–Crippen LogP) is 3.00. The lowest BCUT2D eigenvalue weighted by Gasteiger charge is -2.18. The number of benzene rings is 2. The third-order valence-corrected chi connectivity index (χ3v) is 4.68. The van der Waals surface area contributed by atoms with Crippen LogP contribution in [0.15, 0.2) is 47.4 Å². The van der Waals surface area contributed by atoms with Gasteiger partial charge in [-0.1, -0.05) is 18.2 Å². The fourth-order valence-electron chi connectivity index (χ4n) is 2.44. The summed E-state index contributed by atoms with van der Waals surface area (Å²) in [6.07, 6.45) is 0. The molecule has 0 aliphatic heterocycles. The number of rotatable bonds is 4. The molecule has 0 aliphatic rings. The van der Waals surface area contributed by atoms with Gasteiger partial charge in [-0.2, -0.15) is 0 Å². The van der Waals surface area contributed by atoms with Crippen molar-refractivity contribution in [1.29, 1.82) is 0 Å². The molecule has 128 valence electrons. The molecule has 24 heavy (non-hydrogen) atoms. The molecule has 2 rings (SSSR count). The standard InChI is InChI=1S/C17H21N3O2S2/c1-11-8-12(2)10-15(9-11)20-17(23)19-13(3)14-4-6-16(7-5-14)24(18,21)22/h4-10,13H,1-3H3,(H2,18,21,22)(H2,19,20,23)/t13-/m0/s1. The van der Waals surface area contributed by atoms with Crippen molar-refractivity contribution in [3.63, 3.8) is 0 Å². The van der Waals surface area contributed by atoms with E-state index in [-0.39, 0.29) is 10.9 Å². The zero-order chi connectivity index (χ0) is 17.9. The van der Waals surface area contributed by atoms with E-state index in [1.54, 1.807) is 12.1 Å². The zero-order valence-electron chi connectivity index (χ0n) is 13.8. The number of anilines is 1. The Morgan fingerprint density at radius 3 is 2.12 bits per heavy atom. The van der Waals surface area contributed by atoms with Crippen molar-refractivity contribution in [1.82, 2.24) is 5.32 Å². The van der Waals surface area contributed by atoms with Crippen LogP contribution in [0.25, 0.3) is 0 Å². The van der Waals surface area contributed by atoms with E-state index in [9.17, 15) is 8.42 Å². The quantitative estimate of drug-likeness (QED) is 0.727. The zero-order valence-corrected chi connectivity index (χ0v) is 15.5. The van der Waals surface area contributed by atoms with Crippen LogP contribution < -0.4 is 15.8 Å². The number of hydrogen-bond acceptors (Lipinski definition) is 3. The van der Waals surface area contributed by atoms with Gasteiger partial charge in [0.1, 0.15) is 0 Å². The lowest BCUT2D eigenvalue weighted by Crippen LogP contribution is -2.31. The van der Waals surface area contributed by atoms with Crippen molar-refractivity contribution in [2.75, 3.05) is 5.32 Å². The summed E-state index contributed by atoms with van der Waals surface area (Å²) < 4.78 is 22.6. The SMILES string of the molecule is Cc1cc(C)cc(NC(=S)N[C@@H](C)c2ccc(S(N)(=O)=O)cc2)c1. The van der Waals surface area contributed by atoms with Gasteiger partial charge in [0.05, 0.1) is 10.9 Å². The average Bonchev–Trinajstić information content (AvgIpc) is 2.45. The Balaban J connectivity index is 2.03. The van der Waals surface area contributed by atoms with E-state index < -0.39 is 10.0 Å². The monoisotopic (exact) mass is 363 g/mol. The highest BCUT2D eigenvalue weighted by Crippen LogP contribution is 2.17. The first-order valence-electron chi connectivity index (χ1n) is 7.44. The van der Waals surface area contributed by atoms with Crippen LogP contribution >= 0.6 is 12.2 Å². The molecule has 0 heterocycles. The predicted molar refractivity (Wildman–Crippen MR) is 102 cm³/mol. The second-order valence-electron chi connectivity index (χ2n) is 5.81. The van der Waals surface area contributed by atoms with Crippen molar-refractivity contribution in [2.45, 2.75) is 31.7 Å². The Bertz CT molecular complexity index is 826. The Hall–Kier alpha value is -1.96. The number of sulfonamides is 1. The van der Waals surface area contributed by atoms with Crippen LogP contribution in [0, 0.1) is 13.8 Å². The number of hydrogen-bond donors (Lipinski definition) is 3. The van der Waals surface area contributed by atoms with Crippen LogP contribution in [0.4, 0.5) is 5.69 Å². The minimum absolute atomic E-state index is 0.0783. The molecule has 0 spiro atoms. The molecule has 0 bridgehead atoms. The van der Waals surface area contributed by atoms with Crippen LogP contribution in [0.2, 0.25) is 0 Å². The van der Waals surface area contributed by atoms with Crippen molar-refractivity contribution < 1.29 is 8.42 Å². The van der Waals surface area contributed by atoms with Crippen molar-refractivity contribution in [3.05, 3.63) is 59.2 Å². The van der Waals surface area contributed by atoms with Crippen LogP contribution in [0.1, 0.15) is 29.7 Å². The van der Waals surface area contributed by atoms with Crippen LogP contribution in [-0.4, -0.2) is 13.5 Å². The first-order valence-corrected chi connectivity index (χ1v) is 9.39. The summed E-state index contributed by atoms with van der Waals surface area (Å²) in [4.78, 5) is 0.0920. The smallest absolute Gasteiger partial charge is 0.238 e. The summed E-state index contributed by atoms with van der Waals surface area (Å²) in [5.41, 5.74) is 4.16. The Labute approximate surface area is 148 Å². The molecule has 0 aliphatic carbocycles. The first-order chi connectivity index (χ1) is 11.1. The number of nitrogens with one attached hydrogen (secondary N) is 2. The first kappa shape index (κ1) is 18.4. The maximum Gasteiger partial charge on any atom is 0.238 e. The summed E-state index contributed by atoms with van der Waals surface area (Å²) in [5.74, 6) is 0. The third-order valence-electron chi connectivity index (χ3n) is 3.54. The Kier molecular flexibility index (Phi) is 5.58. The molecule has 4 N–H and O–H groups in total. The number of primary sulfonamides is 1. The largest absolute Gasteiger partial charge is 0.356 e. The molecule has 2 aromatic rings. The molecule has 0 aromatic heterocycles. The average molecular weight is 364 g/mol. The van der Waals surface area contributed by atoms with Crippen molar-refractivity contribution in [2.24, 2.45) is 5.14 Å². The van der Waals surface area contributed by atoms with Gasteiger partial charge in [0.15, 0.2) is 5.11 Å². The summed E-state index contributed by atoms with van der Waals surface area (Å²) in [6, 6.07) is 12.5. The van der Waals surface area contributed by atoms with Gasteiger partial charge in [-0.3, -0.25) is 0 Å². The highest BCUT2D eigenvalue weighted by atomic mass is 32.2. The van der Waals surface area contributed by atoms with E-state index in [1.807, 2.05) is 32.9 Å². The van der Waals surface area contributed by atoms with Crippen LogP contribution in [0.5, 0.6) is 0 Å². The molecule has 2 aromatic carbocycles. The van der Waals surface area contributed by atoms with E-state index in [0.717, 1.165) is 22.4 Å². The molecular formula is C17H21N3O2S2. The van der Waals surface area contributed by atoms with Crippen molar-refractivity contribution >= 4 is 33.0 Å². The fraction of sp³-hybridized carbons (Fsp3) is 0.235. The minimum atomic E-state index is -3.68. The third kappa shape index (κ3) is 5.02. The highest BCUT2D eigenvalue weighted by Gasteiger charge is 2.11. The molecule has 0 saturated carbocycles. The highest BCUT2D eigenvalue weighted by molar-refractivity contribution is 7.89. The molecule has 5 nitrogen and oxygen atoms in total. The lowest BCUT2D eigenvalue weighted by molar-refractivity contribution is 0.597. The molecule has 1 atom stereocenters. The van der Waals surface area contributed by atoms with E-state index in [4.69, 9.17) is 17.4 Å². The summed E-state index contributed by atoms with van der Waals surface area (Å²) in [6.45, 7) is 6.01. The Morgan fingerprint density at radius 1 is 1.08 bits per heavy atom. The van der Waals surface area contributed by atoms with Crippen molar-refractivity contribution in [3.8, 4) is 0 Å². The topological polar surface area (TPSA) is 84.2 Å². The summed E-state index contributed by atoms with van der Waals surface area (Å²) in [7, 11) is -3.68. The second kappa shape index (κ2) is 7.29. The van der Waals surface area contributed by atoms with Gasteiger partial charge in [-0.25, -0.2) is 13.6 Å². The van der Waals surface area contributed by atoms with Crippen LogP contribution in [0.3, 0.4) is 0 Å². The molecule has 0 amide bonds. The van der Waals surface area contributed by atoms with E-state index in [2.05, 4.69) is 16.7 Å². The van der Waals surface area contributed by atoms with Gasteiger partial charge in [0.2, 0.25) is 10.0 Å². The van der Waals surface area contributed by atoms with Gasteiger partial charge in [-0.15, -0.1) is 0 Å². The number of aryl methyl sites for hydroxylation is 2. The van der Waals surface area contributed by atoms with Gasteiger partial charge in [0.25, 0.3) is 0 Å². The molecule has 0 fully saturated rings. The summed E-state index contributed by atoms with van der Waals surface area (Å²) >= 11 is 5.35. The number of nitrogens with two attached hydrogens (primary N) is 1. The maximum absolute atomic E-state index is 11.3. The normalized spacial score (nSPS) is 12.5. The summed E-state index contributed by atoms with van der Waals surface area (Å²) in [5, 5.41) is 11.9. The van der Waals surface area contributed by atoms with Gasteiger partial charge >= 0.3 is 0 Å². The fourth-order valence-corrected chi connectivity index (χ4v) is 3.25. The van der Waals surface area contributed by atoms with E-state index >= 15 is 0 Å². The molecule has 0 unspecified atom stereocenters.